The first-order chi connectivity index (χ1) is 13.6. The van der Waals surface area contributed by atoms with Crippen molar-refractivity contribution in [2.75, 3.05) is 51.7 Å². The predicted molar refractivity (Wildman–Crippen MR) is 115 cm³/mol. The Morgan fingerprint density at radius 3 is 2.66 bits per heavy atom. The zero-order chi connectivity index (χ0) is 19.1. The summed E-state index contributed by atoms with van der Waals surface area (Å²) in [6.45, 7) is 8.61. The molecule has 0 amide bonds. The van der Waals surface area contributed by atoms with Crippen LogP contribution in [0.4, 0.5) is 5.95 Å². The molecule has 0 bridgehead atoms. The molecule has 0 radical (unpaired) electrons. The van der Waals surface area contributed by atoms with Crippen molar-refractivity contribution in [1.82, 2.24) is 30.4 Å². The van der Waals surface area contributed by atoms with Crippen LogP contribution < -0.4 is 16.4 Å². The second kappa shape index (κ2) is 8.06. The van der Waals surface area contributed by atoms with Gasteiger partial charge in [0.2, 0.25) is 5.95 Å². The second-order valence-corrected chi connectivity index (χ2v) is 8.13. The van der Waals surface area contributed by atoms with E-state index in [1.54, 1.807) is 12.4 Å². The van der Waals surface area contributed by atoms with E-state index in [1.807, 2.05) is 0 Å². The van der Waals surface area contributed by atoms with Gasteiger partial charge < -0.3 is 26.0 Å². The monoisotopic (exact) mass is 420 g/mol. The highest BCUT2D eigenvalue weighted by atomic mass is 35.5. The number of aromatic nitrogens is 2. The fraction of sp³-hybridized carbons (Fsp3) is 0.632. The smallest absolute Gasteiger partial charge is 0.219 e. The van der Waals surface area contributed by atoms with Crippen LogP contribution in [0.2, 0.25) is 0 Å². The van der Waals surface area contributed by atoms with Crippen molar-refractivity contribution in [3.8, 4) is 0 Å². The topological polar surface area (TPSA) is 104 Å². The molecule has 1 unspecified atom stereocenters. The van der Waals surface area contributed by atoms with E-state index in [1.165, 1.54) is 5.57 Å². The Morgan fingerprint density at radius 2 is 1.97 bits per heavy atom. The molecule has 9 nitrogen and oxygen atoms in total. The molecule has 4 aliphatic heterocycles. The lowest BCUT2D eigenvalue weighted by molar-refractivity contribution is 0.0140. The zero-order valence-electron chi connectivity index (χ0n) is 16.7. The summed E-state index contributed by atoms with van der Waals surface area (Å²) in [6.07, 6.45) is 5.61. The summed E-state index contributed by atoms with van der Waals surface area (Å²) in [6, 6.07) is 0. The van der Waals surface area contributed by atoms with Crippen molar-refractivity contribution in [3.63, 3.8) is 0 Å². The van der Waals surface area contributed by atoms with Gasteiger partial charge in [-0.3, -0.25) is 4.90 Å². The van der Waals surface area contributed by atoms with Crippen LogP contribution in [0.1, 0.15) is 25.3 Å². The molecule has 158 valence electrons. The number of anilines is 1. The largest absolute Gasteiger partial charge is 0.379 e. The van der Waals surface area contributed by atoms with Crippen LogP contribution in [0, 0.1) is 0 Å². The Hall–Kier alpha value is -1.94. The number of ether oxygens (including phenoxy) is 1. The van der Waals surface area contributed by atoms with E-state index in [0.29, 0.717) is 5.95 Å². The molecular weight excluding hydrogens is 392 g/mol. The van der Waals surface area contributed by atoms with Crippen LogP contribution in [0.5, 0.6) is 0 Å². The summed E-state index contributed by atoms with van der Waals surface area (Å²) in [5, 5.41) is 7.17. The maximum atomic E-state index is 5.71. The Bertz CT molecular complexity index is 799. The molecule has 1 aromatic heterocycles. The van der Waals surface area contributed by atoms with Crippen LogP contribution >= 0.6 is 12.4 Å². The number of fused-ring (bicyclic) bond motifs is 1. The number of nitrogen functional groups attached to an aromatic ring is 1. The van der Waals surface area contributed by atoms with Crippen molar-refractivity contribution < 1.29 is 4.74 Å². The molecule has 0 saturated carbocycles. The maximum Gasteiger partial charge on any atom is 0.219 e. The minimum absolute atomic E-state index is 0. The third-order valence-electron chi connectivity index (χ3n) is 6.28. The minimum atomic E-state index is -0.103. The van der Waals surface area contributed by atoms with Crippen LogP contribution in [-0.4, -0.2) is 83.4 Å². The van der Waals surface area contributed by atoms with Gasteiger partial charge in [0.1, 0.15) is 5.84 Å². The van der Waals surface area contributed by atoms with Crippen molar-refractivity contribution in [1.29, 1.82) is 0 Å². The van der Waals surface area contributed by atoms with Gasteiger partial charge in [-0.15, -0.1) is 12.4 Å². The second-order valence-electron chi connectivity index (χ2n) is 8.13. The molecular formula is C19H29ClN8O. The zero-order valence-corrected chi connectivity index (χ0v) is 17.5. The average Bonchev–Trinajstić information content (AvgIpc) is 3.36. The average molecular weight is 421 g/mol. The lowest BCUT2D eigenvalue weighted by Crippen LogP contribution is -2.54. The van der Waals surface area contributed by atoms with E-state index in [9.17, 15) is 0 Å². The summed E-state index contributed by atoms with van der Waals surface area (Å²) in [5.74, 6) is 1.41. The van der Waals surface area contributed by atoms with E-state index in [0.717, 1.165) is 75.9 Å². The summed E-state index contributed by atoms with van der Waals surface area (Å²) in [5.41, 5.74) is 9.12. The van der Waals surface area contributed by atoms with Gasteiger partial charge in [0.25, 0.3) is 0 Å². The Kier molecular flexibility index (Phi) is 5.65. The molecule has 5 heterocycles. The van der Waals surface area contributed by atoms with E-state index in [2.05, 4.69) is 37.3 Å². The van der Waals surface area contributed by atoms with E-state index >= 15 is 0 Å². The highest BCUT2D eigenvalue weighted by Crippen LogP contribution is 2.36. The number of nitrogens with two attached hydrogens (primary N) is 1. The van der Waals surface area contributed by atoms with Gasteiger partial charge in [0.05, 0.1) is 24.4 Å². The van der Waals surface area contributed by atoms with E-state index in [-0.39, 0.29) is 24.2 Å². The lowest BCUT2D eigenvalue weighted by Gasteiger charge is -2.40. The van der Waals surface area contributed by atoms with Gasteiger partial charge in [-0.1, -0.05) is 0 Å². The predicted octanol–water partition coefficient (Wildman–Crippen LogP) is 0.267. The molecule has 10 heteroatoms. The molecule has 5 rings (SSSR count). The van der Waals surface area contributed by atoms with Gasteiger partial charge >= 0.3 is 0 Å². The molecule has 0 spiro atoms. The minimum Gasteiger partial charge on any atom is -0.379 e. The summed E-state index contributed by atoms with van der Waals surface area (Å²) in [4.78, 5) is 18.5. The number of halogens is 1. The quantitative estimate of drug-likeness (QED) is 0.640. The standard InChI is InChI=1S/C19H28N8O.ClH/c1-19(3-4-21-12-19)27-5-2-14-15(13-10-22-17(20)23-11-13)24-18(25-16(14)27)26-6-8-28-9-7-26;/h10-11,18,21,24H,2-9,12H2,1H3,(H2,20,22,23);1H/t18?,19-;/m0./s1. The molecule has 4 aliphatic rings. The first-order valence-corrected chi connectivity index (χ1v) is 10.1. The van der Waals surface area contributed by atoms with Crippen molar-refractivity contribution in [2.24, 2.45) is 4.99 Å². The Morgan fingerprint density at radius 1 is 1.21 bits per heavy atom. The molecule has 0 aliphatic carbocycles. The lowest BCUT2D eigenvalue weighted by atomic mass is 9.99. The number of hydrogen-bond donors (Lipinski definition) is 3. The number of likely N-dealkylation sites (tertiary alicyclic amines) is 1. The first kappa shape index (κ1) is 20.3. The van der Waals surface area contributed by atoms with Gasteiger partial charge in [-0.25, -0.2) is 15.0 Å². The van der Waals surface area contributed by atoms with Gasteiger partial charge in [-0.2, -0.15) is 0 Å². The van der Waals surface area contributed by atoms with Crippen LogP contribution in [0.3, 0.4) is 0 Å². The number of aliphatic imine (C=N–C) groups is 1. The van der Waals surface area contributed by atoms with Gasteiger partial charge in [0, 0.05) is 49.7 Å². The van der Waals surface area contributed by atoms with Gasteiger partial charge in [-0.05, 0) is 26.3 Å². The summed E-state index contributed by atoms with van der Waals surface area (Å²) < 4.78 is 5.54. The number of nitrogens with zero attached hydrogens (tertiary/aromatic N) is 5. The molecule has 2 atom stereocenters. The SMILES string of the molecule is C[C@]1(N2CCC3=C(c4cnc(N)nc4)NC(N4CCOCC4)N=C32)CCNC1.Cl. The summed E-state index contributed by atoms with van der Waals surface area (Å²) in [7, 11) is 0. The number of nitrogens with one attached hydrogen (secondary N) is 2. The van der Waals surface area contributed by atoms with E-state index in [4.69, 9.17) is 15.5 Å². The Balaban J connectivity index is 0.00000205. The molecule has 4 N–H and O–H groups in total. The number of rotatable bonds is 3. The Labute approximate surface area is 177 Å². The highest BCUT2D eigenvalue weighted by molar-refractivity contribution is 6.07. The van der Waals surface area contributed by atoms with Crippen LogP contribution in [-0.2, 0) is 4.74 Å². The molecule has 29 heavy (non-hydrogen) atoms. The molecule has 0 aromatic carbocycles. The molecule has 3 saturated heterocycles. The third-order valence-corrected chi connectivity index (χ3v) is 6.28. The fourth-order valence-corrected chi connectivity index (χ4v) is 4.63. The normalized spacial score (nSPS) is 29.9. The van der Waals surface area contributed by atoms with Gasteiger partial charge in [0.15, 0.2) is 6.29 Å². The summed E-state index contributed by atoms with van der Waals surface area (Å²) >= 11 is 0. The fourth-order valence-electron chi connectivity index (χ4n) is 4.63. The molecule has 3 fully saturated rings. The van der Waals surface area contributed by atoms with Crippen molar-refractivity contribution in [2.45, 2.75) is 31.6 Å². The number of amidine groups is 1. The van der Waals surface area contributed by atoms with Crippen LogP contribution in [0.15, 0.2) is 23.0 Å². The maximum absolute atomic E-state index is 5.71. The first-order valence-electron chi connectivity index (χ1n) is 10.1. The third kappa shape index (κ3) is 3.68. The van der Waals surface area contributed by atoms with Crippen LogP contribution in [0.25, 0.3) is 5.70 Å². The van der Waals surface area contributed by atoms with Crippen molar-refractivity contribution in [3.05, 3.63) is 23.5 Å². The highest BCUT2D eigenvalue weighted by Gasteiger charge is 2.43. The van der Waals surface area contributed by atoms with Crippen molar-refractivity contribution >= 4 is 29.9 Å². The number of hydrogen-bond acceptors (Lipinski definition) is 9. The van der Waals surface area contributed by atoms with E-state index < -0.39 is 0 Å². The number of morpholine rings is 1. The molecule has 1 aromatic rings.